The van der Waals surface area contributed by atoms with Crippen molar-refractivity contribution in [3.05, 3.63) is 41.5 Å². The maximum atomic E-state index is 5.16. The standard InChI is InChI=1S/C16H19N5O/c1-11-7-14(20-22-11)10-21-6-2-3-13(9-21)15-5-4-12-8-17-19-16(12)18-15/h4-5,7-8,13H,2-3,6,9-10H2,1H3,(H,17,18,19)/t13-/m1/s1. The number of aromatic amines is 1. The van der Waals surface area contributed by atoms with Crippen molar-refractivity contribution in [1.29, 1.82) is 0 Å². The average Bonchev–Trinajstić information content (AvgIpc) is 3.15. The number of hydrogen-bond acceptors (Lipinski definition) is 5. The van der Waals surface area contributed by atoms with E-state index in [9.17, 15) is 0 Å². The first-order valence-electron chi connectivity index (χ1n) is 7.72. The zero-order valence-electron chi connectivity index (χ0n) is 12.6. The van der Waals surface area contributed by atoms with Gasteiger partial charge in [-0.25, -0.2) is 4.98 Å². The third kappa shape index (κ3) is 2.62. The van der Waals surface area contributed by atoms with Crippen molar-refractivity contribution in [2.24, 2.45) is 0 Å². The number of nitrogens with one attached hydrogen (secondary N) is 1. The van der Waals surface area contributed by atoms with E-state index < -0.39 is 0 Å². The summed E-state index contributed by atoms with van der Waals surface area (Å²) in [5, 5.41) is 12.2. The number of likely N-dealkylation sites (tertiary alicyclic amines) is 1. The molecular weight excluding hydrogens is 278 g/mol. The average molecular weight is 297 g/mol. The van der Waals surface area contributed by atoms with E-state index in [-0.39, 0.29) is 0 Å². The topological polar surface area (TPSA) is 70.8 Å². The lowest BCUT2D eigenvalue weighted by atomic mass is 9.94. The Kier molecular flexibility index (Phi) is 3.38. The van der Waals surface area contributed by atoms with Gasteiger partial charge in [-0.1, -0.05) is 5.16 Å². The molecule has 4 heterocycles. The van der Waals surface area contributed by atoms with Crippen LogP contribution in [0.1, 0.15) is 35.9 Å². The van der Waals surface area contributed by atoms with E-state index in [1.165, 1.54) is 12.8 Å². The van der Waals surface area contributed by atoms with Crippen molar-refractivity contribution in [3.8, 4) is 0 Å². The highest BCUT2D eigenvalue weighted by Crippen LogP contribution is 2.27. The van der Waals surface area contributed by atoms with Gasteiger partial charge in [-0.05, 0) is 38.4 Å². The van der Waals surface area contributed by atoms with Crippen LogP contribution >= 0.6 is 0 Å². The van der Waals surface area contributed by atoms with Crippen molar-refractivity contribution in [2.45, 2.75) is 32.2 Å². The third-order valence-electron chi connectivity index (χ3n) is 4.31. The first kappa shape index (κ1) is 13.5. The van der Waals surface area contributed by atoms with Gasteiger partial charge in [-0.15, -0.1) is 0 Å². The Balaban J connectivity index is 1.50. The molecule has 6 heteroatoms. The van der Waals surface area contributed by atoms with Crippen LogP contribution in [0.3, 0.4) is 0 Å². The number of rotatable bonds is 3. The molecule has 6 nitrogen and oxygen atoms in total. The lowest BCUT2D eigenvalue weighted by Gasteiger charge is -2.31. The lowest BCUT2D eigenvalue weighted by molar-refractivity contribution is 0.193. The van der Waals surface area contributed by atoms with E-state index in [4.69, 9.17) is 9.51 Å². The molecule has 0 aromatic carbocycles. The van der Waals surface area contributed by atoms with Gasteiger partial charge in [0.05, 0.1) is 11.9 Å². The molecular formula is C16H19N5O. The van der Waals surface area contributed by atoms with E-state index in [1.54, 1.807) is 0 Å². The molecule has 1 aliphatic heterocycles. The highest BCUT2D eigenvalue weighted by Gasteiger charge is 2.23. The summed E-state index contributed by atoms with van der Waals surface area (Å²) in [6, 6.07) is 6.24. The Labute approximate surface area is 128 Å². The number of aryl methyl sites for hydroxylation is 1. The van der Waals surface area contributed by atoms with Gasteiger partial charge in [0.1, 0.15) is 5.76 Å². The van der Waals surface area contributed by atoms with Crippen LogP contribution in [-0.2, 0) is 6.54 Å². The summed E-state index contributed by atoms with van der Waals surface area (Å²) < 4.78 is 5.16. The highest BCUT2D eigenvalue weighted by atomic mass is 16.5. The van der Waals surface area contributed by atoms with Gasteiger partial charge in [-0.2, -0.15) is 5.10 Å². The van der Waals surface area contributed by atoms with Crippen molar-refractivity contribution >= 4 is 11.0 Å². The van der Waals surface area contributed by atoms with Crippen LogP contribution in [-0.4, -0.2) is 38.3 Å². The molecule has 0 saturated carbocycles. The summed E-state index contributed by atoms with van der Waals surface area (Å²) >= 11 is 0. The van der Waals surface area contributed by atoms with Crippen LogP contribution in [0.4, 0.5) is 0 Å². The van der Waals surface area contributed by atoms with E-state index in [0.29, 0.717) is 5.92 Å². The summed E-state index contributed by atoms with van der Waals surface area (Å²) in [7, 11) is 0. The predicted molar refractivity (Wildman–Crippen MR) is 82.4 cm³/mol. The molecule has 0 bridgehead atoms. The molecule has 0 amide bonds. The van der Waals surface area contributed by atoms with Crippen LogP contribution in [0.25, 0.3) is 11.0 Å². The fourth-order valence-corrected chi connectivity index (χ4v) is 3.23. The van der Waals surface area contributed by atoms with Gasteiger partial charge in [-0.3, -0.25) is 10.00 Å². The smallest absolute Gasteiger partial charge is 0.155 e. The molecule has 114 valence electrons. The van der Waals surface area contributed by atoms with Crippen molar-refractivity contribution in [2.75, 3.05) is 13.1 Å². The van der Waals surface area contributed by atoms with Gasteiger partial charge in [0.15, 0.2) is 5.65 Å². The Hall–Kier alpha value is -2.21. The molecule has 1 aliphatic rings. The predicted octanol–water partition coefficient (Wildman–Crippen LogP) is 2.63. The number of nitrogens with zero attached hydrogens (tertiary/aromatic N) is 4. The lowest BCUT2D eigenvalue weighted by Crippen LogP contribution is -2.34. The molecule has 0 unspecified atom stereocenters. The zero-order valence-corrected chi connectivity index (χ0v) is 12.6. The van der Waals surface area contributed by atoms with Gasteiger partial charge in [0.25, 0.3) is 0 Å². The van der Waals surface area contributed by atoms with E-state index in [2.05, 4.69) is 32.4 Å². The highest BCUT2D eigenvalue weighted by molar-refractivity contribution is 5.73. The largest absolute Gasteiger partial charge is 0.361 e. The molecule has 4 rings (SSSR count). The van der Waals surface area contributed by atoms with Crippen LogP contribution in [0.2, 0.25) is 0 Å². The van der Waals surface area contributed by atoms with Crippen LogP contribution in [0, 0.1) is 6.92 Å². The molecule has 1 fully saturated rings. The number of pyridine rings is 1. The molecule has 3 aromatic heterocycles. The van der Waals surface area contributed by atoms with Gasteiger partial charge in [0.2, 0.25) is 0 Å². The van der Waals surface area contributed by atoms with Crippen LogP contribution in [0.15, 0.2) is 28.9 Å². The first-order valence-corrected chi connectivity index (χ1v) is 7.72. The summed E-state index contributed by atoms with van der Waals surface area (Å²) in [4.78, 5) is 7.16. The monoisotopic (exact) mass is 297 g/mol. The fraction of sp³-hybridized carbons (Fsp3) is 0.438. The van der Waals surface area contributed by atoms with Gasteiger partial charge in [0, 0.05) is 36.2 Å². The molecule has 1 atom stereocenters. The Morgan fingerprint density at radius 3 is 3.23 bits per heavy atom. The van der Waals surface area contributed by atoms with E-state index in [0.717, 1.165) is 47.8 Å². The summed E-state index contributed by atoms with van der Waals surface area (Å²) in [5.74, 6) is 1.34. The fourth-order valence-electron chi connectivity index (χ4n) is 3.23. The van der Waals surface area contributed by atoms with E-state index in [1.807, 2.05) is 19.2 Å². The molecule has 0 aliphatic carbocycles. The number of aromatic nitrogens is 4. The molecule has 0 radical (unpaired) electrons. The quantitative estimate of drug-likeness (QED) is 0.804. The number of H-pyrrole nitrogens is 1. The molecule has 0 spiro atoms. The minimum Gasteiger partial charge on any atom is -0.361 e. The van der Waals surface area contributed by atoms with Crippen molar-refractivity contribution in [1.82, 2.24) is 25.2 Å². The van der Waals surface area contributed by atoms with Crippen LogP contribution in [0.5, 0.6) is 0 Å². The van der Waals surface area contributed by atoms with Gasteiger partial charge < -0.3 is 4.52 Å². The summed E-state index contributed by atoms with van der Waals surface area (Å²) in [5.41, 5.74) is 3.04. The number of piperidine rings is 1. The second kappa shape index (κ2) is 5.53. The SMILES string of the molecule is Cc1cc(CN2CCC[C@@H](c3ccc4cn[nH]c4n3)C2)no1. The second-order valence-electron chi connectivity index (χ2n) is 6.05. The van der Waals surface area contributed by atoms with E-state index >= 15 is 0 Å². The van der Waals surface area contributed by atoms with Crippen molar-refractivity contribution in [3.63, 3.8) is 0 Å². The molecule has 22 heavy (non-hydrogen) atoms. The third-order valence-corrected chi connectivity index (χ3v) is 4.31. The van der Waals surface area contributed by atoms with Crippen LogP contribution < -0.4 is 0 Å². The maximum absolute atomic E-state index is 5.16. The zero-order chi connectivity index (χ0) is 14.9. The normalized spacial score (nSPS) is 19.8. The minimum atomic E-state index is 0.467. The summed E-state index contributed by atoms with van der Waals surface area (Å²) in [6.07, 6.45) is 4.18. The Morgan fingerprint density at radius 1 is 1.41 bits per heavy atom. The molecule has 3 aromatic rings. The molecule has 1 saturated heterocycles. The summed E-state index contributed by atoms with van der Waals surface area (Å²) in [6.45, 7) is 4.90. The minimum absolute atomic E-state index is 0.467. The van der Waals surface area contributed by atoms with Crippen molar-refractivity contribution < 1.29 is 4.52 Å². The van der Waals surface area contributed by atoms with Gasteiger partial charge >= 0.3 is 0 Å². The molecule has 1 N–H and O–H groups in total. The second-order valence-corrected chi connectivity index (χ2v) is 6.05. The first-order chi connectivity index (χ1) is 10.8. The number of fused-ring (bicyclic) bond motifs is 1. The Bertz CT molecular complexity index is 778. The number of hydrogen-bond donors (Lipinski definition) is 1. The maximum Gasteiger partial charge on any atom is 0.155 e. The Morgan fingerprint density at radius 2 is 2.36 bits per heavy atom.